The summed E-state index contributed by atoms with van der Waals surface area (Å²) in [5.74, 6) is -1.41. The molecule has 0 aromatic heterocycles. The Kier molecular flexibility index (Phi) is 5.31. The molecule has 2 aromatic carbocycles. The van der Waals surface area contributed by atoms with E-state index >= 15 is 0 Å². The minimum atomic E-state index is -0.756. The van der Waals surface area contributed by atoms with Gasteiger partial charge in [-0.15, -0.1) is 0 Å². The van der Waals surface area contributed by atoms with Crippen LogP contribution in [0.4, 0.5) is 17.1 Å². The number of hydrogen-bond acceptors (Lipinski definition) is 3. The van der Waals surface area contributed by atoms with Crippen molar-refractivity contribution >= 4 is 34.8 Å². The molecule has 0 radical (unpaired) electrons. The molecule has 1 aliphatic heterocycles. The van der Waals surface area contributed by atoms with Gasteiger partial charge in [-0.25, -0.2) is 0 Å². The van der Waals surface area contributed by atoms with Gasteiger partial charge in [-0.2, -0.15) is 0 Å². The lowest BCUT2D eigenvalue weighted by Gasteiger charge is -2.28. The maximum absolute atomic E-state index is 12.2. The summed E-state index contributed by atoms with van der Waals surface area (Å²) < 4.78 is 0. The minimum Gasteiger partial charge on any atom is -0.318 e. The maximum Gasteiger partial charge on any atom is 0.314 e. The summed E-state index contributed by atoms with van der Waals surface area (Å²) >= 11 is 0. The molecule has 0 atom stereocenters. The quantitative estimate of drug-likeness (QED) is 0.834. The number of carbonyl (C=O) groups is 3. The number of nitrogens with zero attached hydrogens (tertiary/aromatic N) is 1. The van der Waals surface area contributed by atoms with Crippen molar-refractivity contribution in [1.29, 1.82) is 0 Å². The SMILES string of the molecule is Cc1ccc(NC(=O)C(=O)Nc2ccccc2)cc1N1CCCCC1=O. The zero-order valence-electron chi connectivity index (χ0n) is 14.6. The van der Waals surface area contributed by atoms with Gasteiger partial charge in [-0.3, -0.25) is 14.4 Å². The molecule has 0 saturated carbocycles. The third kappa shape index (κ3) is 4.08. The first-order chi connectivity index (χ1) is 12.5. The fourth-order valence-electron chi connectivity index (χ4n) is 2.94. The van der Waals surface area contributed by atoms with Gasteiger partial charge in [0.15, 0.2) is 0 Å². The smallest absolute Gasteiger partial charge is 0.314 e. The van der Waals surface area contributed by atoms with E-state index in [1.54, 1.807) is 41.3 Å². The Hall–Kier alpha value is -3.15. The molecule has 1 fully saturated rings. The average molecular weight is 351 g/mol. The molecule has 26 heavy (non-hydrogen) atoms. The number of aryl methyl sites for hydroxylation is 1. The summed E-state index contributed by atoms with van der Waals surface area (Å²) in [6, 6.07) is 14.1. The predicted molar refractivity (Wildman–Crippen MR) is 101 cm³/mol. The summed E-state index contributed by atoms with van der Waals surface area (Å²) in [5.41, 5.74) is 2.76. The van der Waals surface area contributed by atoms with Gasteiger partial charge >= 0.3 is 11.8 Å². The number of rotatable bonds is 3. The number of benzene rings is 2. The molecule has 1 heterocycles. The Morgan fingerprint density at radius 1 is 0.923 bits per heavy atom. The van der Waals surface area contributed by atoms with Gasteiger partial charge < -0.3 is 15.5 Å². The maximum atomic E-state index is 12.2. The molecule has 0 bridgehead atoms. The van der Waals surface area contributed by atoms with E-state index in [0.29, 0.717) is 24.3 Å². The number of anilines is 3. The Morgan fingerprint density at radius 3 is 2.31 bits per heavy atom. The number of carbonyl (C=O) groups excluding carboxylic acids is 3. The monoisotopic (exact) mass is 351 g/mol. The molecule has 0 spiro atoms. The topological polar surface area (TPSA) is 78.5 Å². The normalized spacial score (nSPS) is 14.0. The Morgan fingerprint density at radius 2 is 1.62 bits per heavy atom. The Balaban J connectivity index is 1.71. The van der Waals surface area contributed by atoms with E-state index in [-0.39, 0.29) is 5.91 Å². The van der Waals surface area contributed by atoms with Crippen LogP contribution in [0.5, 0.6) is 0 Å². The van der Waals surface area contributed by atoms with Crippen LogP contribution in [0.3, 0.4) is 0 Å². The lowest BCUT2D eigenvalue weighted by atomic mass is 10.1. The predicted octanol–water partition coefficient (Wildman–Crippen LogP) is 3.09. The van der Waals surface area contributed by atoms with E-state index in [4.69, 9.17) is 0 Å². The highest BCUT2D eigenvalue weighted by atomic mass is 16.2. The molecular weight excluding hydrogens is 330 g/mol. The van der Waals surface area contributed by atoms with E-state index < -0.39 is 11.8 Å². The number of piperidine rings is 1. The highest BCUT2D eigenvalue weighted by Gasteiger charge is 2.22. The van der Waals surface area contributed by atoms with Crippen LogP contribution in [-0.2, 0) is 14.4 Å². The van der Waals surface area contributed by atoms with Crippen LogP contribution in [0.1, 0.15) is 24.8 Å². The van der Waals surface area contributed by atoms with Crippen molar-refractivity contribution in [3.8, 4) is 0 Å². The molecule has 6 heteroatoms. The summed E-state index contributed by atoms with van der Waals surface area (Å²) in [6.45, 7) is 2.59. The molecule has 1 aliphatic rings. The van der Waals surface area contributed by atoms with Gasteiger partial charge in [-0.1, -0.05) is 24.3 Å². The van der Waals surface area contributed by atoms with Gasteiger partial charge in [0.2, 0.25) is 5.91 Å². The largest absolute Gasteiger partial charge is 0.318 e. The van der Waals surface area contributed by atoms with Gasteiger partial charge in [0, 0.05) is 30.0 Å². The van der Waals surface area contributed by atoms with Crippen molar-refractivity contribution in [2.75, 3.05) is 22.1 Å². The molecule has 2 N–H and O–H groups in total. The van der Waals surface area contributed by atoms with Crippen molar-refractivity contribution < 1.29 is 14.4 Å². The fourth-order valence-corrected chi connectivity index (χ4v) is 2.94. The second kappa shape index (κ2) is 7.82. The van der Waals surface area contributed by atoms with Gasteiger partial charge in [0.1, 0.15) is 0 Å². The van der Waals surface area contributed by atoms with Gasteiger partial charge in [0.25, 0.3) is 0 Å². The van der Waals surface area contributed by atoms with E-state index in [1.807, 2.05) is 19.1 Å². The van der Waals surface area contributed by atoms with Crippen molar-refractivity contribution in [2.45, 2.75) is 26.2 Å². The number of nitrogens with one attached hydrogen (secondary N) is 2. The standard InChI is InChI=1S/C20H21N3O3/c1-14-10-11-16(13-17(14)23-12-6-5-9-18(23)24)22-20(26)19(25)21-15-7-3-2-4-8-15/h2-4,7-8,10-11,13H,5-6,9,12H2,1H3,(H,21,25)(H,22,26). The highest BCUT2D eigenvalue weighted by Crippen LogP contribution is 2.27. The average Bonchev–Trinajstić information content (AvgIpc) is 2.64. The van der Waals surface area contributed by atoms with Crippen LogP contribution in [0.25, 0.3) is 0 Å². The van der Waals surface area contributed by atoms with Crippen molar-refractivity contribution in [3.05, 3.63) is 54.1 Å². The van der Waals surface area contributed by atoms with Crippen LogP contribution in [0.15, 0.2) is 48.5 Å². The van der Waals surface area contributed by atoms with Crippen LogP contribution in [0, 0.1) is 6.92 Å². The Bertz CT molecular complexity index is 833. The van der Waals surface area contributed by atoms with E-state index in [2.05, 4.69) is 10.6 Å². The fraction of sp³-hybridized carbons (Fsp3) is 0.250. The summed E-state index contributed by atoms with van der Waals surface area (Å²) in [6.07, 6.45) is 2.40. The van der Waals surface area contributed by atoms with Crippen LogP contribution < -0.4 is 15.5 Å². The summed E-state index contributed by atoms with van der Waals surface area (Å²) in [4.78, 5) is 38.1. The molecular formula is C20H21N3O3. The summed E-state index contributed by atoms with van der Waals surface area (Å²) in [5, 5.41) is 5.14. The lowest BCUT2D eigenvalue weighted by molar-refractivity contribution is -0.132. The Labute approximate surface area is 152 Å². The first-order valence-corrected chi connectivity index (χ1v) is 8.63. The number of hydrogen-bond donors (Lipinski definition) is 2. The zero-order chi connectivity index (χ0) is 18.5. The van der Waals surface area contributed by atoms with Gasteiger partial charge in [-0.05, 0) is 49.6 Å². The molecule has 0 unspecified atom stereocenters. The van der Waals surface area contributed by atoms with Crippen molar-refractivity contribution in [1.82, 2.24) is 0 Å². The molecule has 3 amide bonds. The van der Waals surface area contributed by atoms with Gasteiger partial charge in [0.05, 0.1) is 0 Å². The van der Waals surface area contributed by atoms with Crippen LogP contribution in [-0.4, -0.2) is 24.3 Å². The van der Waals surface area contributed by atoms with E-state index in [0.717, 1.165) is 24.1 Å². The lowest BCUT2D eigenvalue weighted by Crippen LogP contribution is -2.35. The minimum absolute atomic E-state index is 0.0876. The first kappa shape index (κ1) is 17.7. The third-order valence-electron chi connectivity index (χ3n) is 4.32. The zero-order valence-corrected chi connectivity index (χ0v) is 14.6. The number of para-hydroxylation sites is 1. The second-order valence-electron chi connectivity index (χ2n) is 6.28. The van der Waals surface area contributed by atoms with Crippen LogP contribution >= 0.6 is 0 Å². The third-order valence-corrected chi connectivity index (χ3v) is 4.32. The molecule has 1 saturated heterocycles. The summed E-state index contributed by atoms with van der Waals surface area (Å²) in [7, 11) is 0. The van der Waals surface area contributed by atoms with E-state index in [9.17, 15) is 14.4 Å². The van der Waals surface area contributed by atoms with Crippen LogP contribution in [0.2, 0.25) is 0 Å². The number of amides is 3. The van der Waals surface area contributed by atoms with Crippen molar-refractivity contribution in [2.24, 2.45) is 0 Å². The molecule has 0 aliphatic carbocycles. The van der Waals surface area contributed by atoms with Crippen molar-refractivity contribution in [3.63, 3.8) is 0 Å². The molecule has 134 valence electrons. The molecule has 2 aromatic rings. The first-order valence-electron chi connectivity index (χ1n) is 8.63. The molecule has 3 rings (SSSR count). The highest BCUT2D eigenvalue weighted by molar-refractivity contribution is 6.43. The molecule has 6 nitrogen and oxygen atoms in total. The van der Waals surface area contributed by atoms with E-state index in [1.165, 1.54) is 0 Å². The second-order valence-corrected chi connectivity index (χ2v) is 6.28.